The number of phenols is 1. The van der Waals surface area contributed by atoms with Crippen molar-refractivity contribution in [1.29, 1.82) is 0 Å². The highest BCUT2D eigenvalue weighted by atomic mass is 16.6. The van der Waals surface area contributed by atoms with Crippen LogP contribution in [0.3, 0.4) is 0 Å². The molecule has 5 aromatic rings. The molecule has 0 saturated heterocycles. The van der Waals surface area contributed by atoms with Crippen molar-refractivity contribution in [2.75, 3.05) is 25.6 Å². The second kappa shape index (κ2) is 12.9. The molecule has 0 bridgehead atoms. The second-order valence-corrected chi connectivity index (χ2v) is 12.0. The highest BCUT2D eigenvalue weighted by Crippen LogP contribution is 2.54. The molecule has 0 saturated carbocycles. The number of allylic oxidation sites excluding steroid dienone is 1. The average molecular weight is 671 g/mol. The van der Waals surface area contributed by atoms with Gasteiger partial charge in [-0.2, -0.15) is 0 Å². The zero-order valence-corrected chi connectivity index (χ0v) is 27.2. The number of anilines is 1. The van der Waals surface area contributed by atoms with Crippen LogP contribution < -0.4 is 26.2 Å². The summed E-state index contributed by atoms with van der Waals surface area (Å²) in [5.74, 6) is -1.70. The fourth-order valence-electron chi connectivity index (χ4n) is 7.53. The van der Waals surface area contributed by atoms with E-state index in [0.29, 0.717) is 50.2 Å². The Kier molecular flexibility index (Phi) is 8.84. The van der Waals surface area contributed by atoms with E-state index in [1.807, 2.05) is 6.92 Å². The van der Waals surface area contributed by atoms with E-state index >= 15 is 0 Å². The molecule has 0 fully saturated rings. The fraction of sp³-hybridized carbons (Fsp3) is 0.306. The maximum absolute atomic E-state index is 14.7. The van der Waals surface area contributed by atoms with Crippen LogP contribution in [-0.2, 0) is 43.6 Å². The quantitative estimate of drug-likeness (QED) is 0.0501. The van der Waals surface area contributed by atoms with Crippen LogP contribution >= 0.6 is 0 Å². The minimum Gasteiger partial charge on any atom is -0.507 e. The molecule has 5 aromatic carbocycles. The molecule has 1 aliphatic carbocycles. The number of ketones is 1. The highest BCUT2D eigenvalue weighted by Gasteiger charge is 2.36. The van der Waals surface area contributed by atoms with Gasteiger partial charge in [-0.1, -0.05) is 18.6 Å². The van der Waals surface area contributed by atoms with Crippen molar-refractivity contribution in [2.24, 2.45) is 0 Å². The number of Topliss-reactive ketones (excluding diaryl/α,β-unsaturated/α-hetero) is 1. The molecule has 5 N–H and O–H groups in total. The summed E-state index contributed by atoms with van der Waals surface area (Å²) in [6, 6.07) is 2.69. The van der Waals surface area contributed by atoms with E-state index < -0.39 is 42.8 Å². The first-order valence-electron chi connectivity index (χ1n) is 15.6. The Hall–Kier alpha value is -5.37. The lowest BCUT2D eigenvalue weighted by Crippen LogP contribution is -2.29. The first-order valence-corrected chi connectivity index (χ1v) is 15.6. The Balaban J connectivity index is 2.02. The number of carbonyl (C=O) groups is 3. The summed E-state index contributed by atoms with van der Waals surface area (Å²) < 4.78 is 15.7. The number of hydrogen-bond acceptors (Lipinski definition) is 13. The van der Waals surface area contributed by atoms with Crippen molar-refractivity contribution in [3.05, 3.63) is 66.0 Å². The van der Waals surface area contributed by atoms with Crippen LogP contribution in [0.1, 0.15) is 54.5 Å². The van der Waals surface area contributed by atoms with Gasteiger partial charge in [0.1, 0.15) is 18.1 Å². The van der Waals surface area contributed by atoms with Crippen LogP contribution in [0.2, 0.25) is 0 Å². The standard InChI is InChI=1S/C36H34N2O11/c1-5-37-9-20-19-6-15(2)24(16(3)43)33-32-27(19)30-26(18(11-40)8-22(44)29(30)34(20)45)25-17(10-39)7-21(38-23(49-14-42)12-48-13-41)28(31(25)32)35(46)36(33)47-4/h6-8,13-14,23-24,37-40,45H,5,9-12H2,1-4H3. The largest absolute Gasteiger partial charge is 0.507 e. The average Bonchev–Trinajstić information content (AvgIpc) is 3.21. The van der Waals surface area contributed by atoms with Crippen molar-refractivity contribution >= 4 is 73.6 Å². The van der Waals surface area contributed by atoms with Crippen molar-refractivity contribution < 1.29 is 43.9 Å². The van der Waals surface area contributed by atoms with Gasteiger partial charge in [-0.3, -0.25) is 24.0 Å². The van der Waals surface area contributed by atoms with Gasteiger partial charge in [0.05, 0.1) is 37.0 Å². The molecule has 0 heterocycles. The van der Waals surface area contributed by atoms with E-state index in [1.54, 1.807) is 13.0 Å². The molecule has 2 unspecified atom stereocenters. The Morgan fingerprint density at radius 2 is 1.63 bits per heavy atom. The Morgan fingerprint density at radius 1 is 0.959 bits per heavy atom. The first-order chi connectivity index (χ1) is 23.6. The van der Waals surface area contributed by atoms with E-state index in [1.165, 1.54) is 26.2 Å². The lowest BCUT2D eigenvalue weighted by atomic mass is 9.79. The number of aromatic hydroxyl groups is 1. The van der Waals surface area contributed by atoms with E-state index in [2.05, 4.69) is 10.6 Å². The normalized spacial score (nSPS) is 14.7. The molecule has 49 heavy (non-hydrogen) atoms. The molecule has 1 aliphatic rings. The van der Waals surface area contributed by atoms with E-state index in [0.717, 1.165) is 0 Å². The van der Waals surface area contributed by atoms with Crippen LogP contribution in [0.5, 0.6) is 11.5 Å². The minimum atomic E-state index is -1.25. The van der Waals surface area contributed by atoms with Crippen LogP contribution in [-0.4, -0.2) is 60.5 Å². The molecule has 13 heteroatoms. The summed E-state index contributed by atoms with van der Waals surface area (Å²) in [5, 5.41) is 41.6. The van der Waals surface area contributed by atoms with E-state index in [-0.39, 0.29) is 75.3 Å². The molecule has 13 nitrogen and oxygen atoms in total. The lowest BCUT2D eigenvalue weighted by molar-refractivity contribution is -0.140. The smallest absolute Gasteiger partial charge is 0.295 e. The van der Waals surface area contributed by atoms with Gasteiger partial charge in [0, 0.05) is 34.1 Å². The summed E-state index contributed by atoms with van der Waals surface area (Å²) in [4.78, 5) is 64.4. The number of ether oxygens (including phenoxy) is 3. The molecule has 0 aromatic heterocycles. The van der Waals surface area contributed by atoms with Gasteiger partial charge >= 0.3 is 0 Å². The Bertz CT molecular complexity index is 2330. The number of carbonyl (C=O) groups excluding carboxylic acids is 3. The van der Waals surface area contributed by atoms with Gasteiger partial charge in [0.2, 0.25) is 11.7 Å². The lowest BCUT2D eigenvalue weighted by Gasteiger charge is -2.26. The van der Waals surface area contributed by atoms with Crippen LogP contribution in [0.15, 0.2) is 27.3 Å². The molecule has 6 rings (SSSR count). The van der Waals surface area contributed by atoms with Gasteiger partial charge in [-0.15, -0.1) is 0 Å². The van der Waals surface area contributed by atoms with Gasteiger partial charge in [0.25, 0.3) is 12.9 Å². The summed E-state index contributed by atoms with van der Waals surface area (Å²) in [6.07, 6.45) is 0.517. The third-order valence-corrected chi connectivity index (χ3v) is 9.32. The second-order valence-electron chi connectivity index (χ2n) is 12.0. The molecular formula is C36H34N2O11. The van der Waals surface area contributed by atoms with Gasteiger partial charge in [0.15, 0.2) is 11.2 Å². The summed E-state index contributed by atoms with van der Waals surface area (Å²) in [6.45, 7) is 4.42. The number of nitrogens with one attached hydrogen (secondary N) is 2. The Morgan fingerprint density at radius 3 is 2.22 bits per heavy atom. The zero-order valence-electron chi connectivity index (χ0n) is 27.2. The predicted molar refractivity (Wildman–Crippen MR) is 182 cm³/mol. The van der Waals surface area contributed by atoms with Crippen LogP contribution in [0, 0.1) is 0 Å². The van der Waals surface area contributed by atoms with Crippen molar-refractivity contribution in [3.63, 3.8) is 0 Å². The molecular weight excluding hydrogens is 636 g/mol. The number of aliphatic hydroxyl groups is 2. The maximum atomic E-state index is 14.7. The third-order valence-electron chi connectivity index (χ3n) is 9.32. The minimum absolute atomic E-state index is 0.0161. The number of rotatable bonds is 14. The van der Waals surface area contributed by atoms with Gasteiger partial charge < -0.3 is 40.2 Å². The number of aliphatic hydroxyl groups excluding tert-OH is 2. The molecule has 254 valence electrons. The van der Waals surface area contributed by atoms with Crippen LogP contribution in [0.25, 0.3) is 49.2 Å². The molecule has 0 amide bonds. The van der Waals surface area contributed by atoms with Gasteiger partial charge in [-0.05, 0) is 70.8 Å². The number of methoxy groups -OCH3 is 1. The molecule has 0 aliphatic heterocycles. The number of benzene rings is 5. The molecule has 0 spiro atoms. The molecule has 0 radical (unpaired) electrons. The summed E-state index contributed by atoms with van der Waals surface area (Å²) in [7, 11) is 1.31. The zero-order chi connectivity index (χ0) is 35.3. The van der Waals surface area contributed by atoms with Gasteiger partial charge in [-0.25, -0.2) is 0 Å². The summed E-state index contributed by atoms with van der Waals surface area (Å²) >= 11 is 0. The number of phenolic OH excluding ortho intramolecular Hbond substituents is 1. The topological polar surface area (TPSA) is 198 Å². The first kappa shape index (κ1) is 33.5. The maximum Gasteiger partial charge on any atom is 0.295 e. The molecule has 2 atom stereocenters. The van der Waals surface area contributed by atoms with Crippen molar-refractivity contribution in [1.82, 2.24) is 5.32 Å². The predicted octanol–water partition coefficient (Wildman–Crippen LogP) is 2.88. The number of hydrogen-bond donors (Lipinski definition) is 5. The van der Waals surface area contributed by atoms with E-state index in [4.69, 9.17) is 14.2 Å². The third kappa shape index (κ3) is 4.92. The van der Waals surface area contributed by atoms with Crippen molar-refractivity contribution in [2.45, 2.75) is 52.7 Å². The number of fused-ring (bicyclic) bond motifs is 1. The van der Waals surface area contributed by atoms with Crippen molar-refractivity contribution in [3.8, 4) is 11.5 Å². The highest BCUT2D eigenvalue weighted by molar-refractivity contribution is 6.39. The summed E-state index contributed by atoms with van der Waals surface area (Å²) in [5.41, 5.74) is 1.04. The monoisotopic (exact) mass is 670 g/mol. The van der Waals surface area contributed by atoms with E-state index in [9.17, 15) is 39.3 Å². The fourth-order valence-corrected chi connectivity index (χ4v) is 7.53. The van der Waals surface area contributed by atoms with Crippen LogP contribution in [0.4, 0.5) is 5.69 Å². The Labute approximate surface area is 278 Å². The SMILES string of the molecule is CCNCc1c(O)c2c(=O)cc(CO)c3c4c(CO)cc(NC(COC=O)OC=O)c5c(=O)c(OC)c6c(c(c1C=C(C)C6C(C)=O)c23)c54.